The van der Waals surface area contributed by atoms with Crippen molar-refractivity contribution < 1.29 is 28.6 Å². The highest BCUT2D eigenvalue weighted by Crippen LogP contribution is 2.31. The number of anilines is 1. The summed E-state index contributed by atoms with van der Waals surface area (Å²) in [4.78, 5) is 38.6. The molecule has 1 heterocycles. The fourth-order valence-corrected chi connectivity index (χ4v) is 3.30. The van der Waals surface area contributed by atoms with E-state index in [9.17, 15) is 14.4 Å². The SMILES string of the molecule is O=C1Oc2ccccc2NC1C(C(=O)OCc1ccccc1)C(=O)OCc1ccccc1. The summed E-state index contributed by atoms with van der Waals surface area (Å²) in [5.41, 5.74) is 2.00. The molecule has 0 aromatic heterocycles. The smallest absolute Gasteiger partial charge is 0.335 e. The Kier molecular flexibility index (Phi) is 6.46. The van der Waals surface area contributed by atoms with Crippen LogP contribution in [0.15, 0.2) is 84.9 Å². The minimum Gasteiger partial charge on any atom is -0.460 e. The van der Waals surface area contributed by atoms with Crippen molar-refractivity contribution in [1.82, 2.24) is 0 Å². The third-order valence-electron chi connectivity index (χ3n) is 4.95. The molecule has 0 radical (unpaired) electrons. The highest BCUT2D eigenvalue weighted by Gasteiger charge is 2.45. The van der Waals surface area contributed by atoms with Gasteiger partial charge in [-0.15, -0.1) is 0 Å². The molecular weight excluding hydrogens is 410 g/mol. The number of rotatable bonds is 7. The Balaban J connectivity index is 1.53. The molecule has 1 N–H and O–H groups in total. The molecule has 7 heteroatoms. The lowest BCUT2D eigenvalue weighted by molar-refractivity contribution is -0.167. The molecule has 0 aliphatic carbocycles. The monoisotopic (exact) mass is 431 g/mol. The Morgan fingerprint density at radius 2 is 1.28 bits per heavy atom. The predicted octanol–water partition coefficient (Wildman–Crippen LogP) is 3.49. The average molecular weight is 431 g/mol. The molecular formula is C25H21NO6. The van der Waals surface area contributed by atoms with E-state index in [0.717, 1.165) is 11.1 Å². The van der Waals surface area contributed by atoms with Gasteiger partial charge in [0.2, 0.25) is 0 Å². The summed E-state index contributed by atoms with van der Waals surface area (Å²) < 4.78 is 16.1. The van der Waals surface area contributed by atoms with E-state index in [1.165, 1.54) is 0 Å². The van der Waals surface area contributed by atoms with E-state index in [2.05, 4.69) is 5.32 Å². The van der Waals surface area contributed by atoms with Crippen molar-refractivity contribution >= 4 is 23.6 Å². The highest BCUT2D eigenvalue weighted by molar-refractivity contribution is 6.03. The topological polar surface area (TPSA) is 90.9 Å². The van der Waals surface area contributed by atoms with Gasteiger partial charge >= 0.3 is 17.9 Å². The number of hydrogen-bond acceptors (Lipinski definition) is 7. The molecule has 0 saturated carbocycles. The summed E-state index contributed by atoms with van der Waals surface area (Å²) in [5, 5.41) is 2.93. The van der Waals surface area contributed by atoms with Crippen molar-refractivity contribution in [2.45, 2.75) is 19.3 Å². The zero-order chi connectivity index (χ0) is 22.3. The molecule has 1 atom stereocenters. The van der Waals surface area contributed by atoms with Gasteiger partial charge < -0.3 is 19.5 Å². The number of fused-ring (bicyclic) bond motifs is 1. The molecule has 1 aliphatic heterocycles. The Morgan fingerprint density at radius 3 is 1.84 bits per heavy atom. The maximum absolute atomic E-state index is 13.0. The molecule has 0 spiro atoms. The van der Waals surface area contributed by atoms with Crippen molar-refractivity contribution in [2.24, 2.45) is 5.92 Å². The van der Waals surface area contributed by atoms with Crippen LogP contribution in [0.5, 0.6) is 5.75 Å². The first-order valence-electron chi connectivity index (χ1n) is 10.1. The number of nitrogens with one attached hydrogen (secondary N) is 1. The molecule has 1 unspecified atom stereocenters. The van der Waals surface area contributed by atoms with Crippen molar-refractivity contribution in [3.63, 3.8) is 0 Å². The van der Waals surface area contributed by atoms with Crippen molar-refractivity contribution in [1.29, 1.82) is 0 Å². The van der Waals surface area contributed by atoms with Crippen LogP contribution in [0.3, 0.4) is 0 Å². The van der Waals surface area contributed by atoms with Crippen molar-refractivity contribution in [2.75, 3.05) is 5.32 Å². The number of benzene rings is 3. The Bertz CT molecular complexity index is 1040. The number of esters is 3. The maximum atomic E-state index is 13.0. The van der Waals surface area contributed by atoms with Crippen LogP contribution >= 0.6 is 0 Å². The van der Waals surface area contributed by atoms with E-state index < -0.39 is 29.9 Å². The summed E-state index contributed by atoms with van der Waals surface area (Å²) >= 11 is 0. The van der Waals surface area contributed by atoms with Gasteiger partial charge in [-0.3, -0.25) is 9.59 Å². The predicted molar refractivity (Wildman–Crippen MR) is 115 cm³/mol. The number of carbonyl (C=O) groups is 3. The van der Waals surface area contributed by atoms with E-state index in [-0.39, 0.29) is 13.2 Å². The summed E-state index contributed by atoms with van der Waals surface area (Å²) in [6, 6.07) is 23.6. The van der Waals surface area contributed by atoms with E-state index in [4.69, 9.17) is 14.2 Å². The van der Waals surface area contributed by atoms with Crippen molar-refractivity contribution in [3.05, 3.63) is 96.1 Å². The first-order valence-corrected chi connectivity index (χ1v) is 10.1. The molecule has 0 saturated heterocycles. The lowest BCUT2D eigenvalue weighted by atomic mass is 9.98. The number of para-hydroxylation sites is 2. The summed E-state index contributed by atoms with van der Waals surface area (Å²) in [7, 11) is 0. The standard InChI is InChI=1S/C25H21NO6/c27-23(30-15-17-9-3-1-4-10-17)21(24(28)31-16-18-11-5-2-6-12-18)22-25(29)32-20-14-8-7-13-19(20)26-22/h1-14,21-22,26H,15-16H2. The second-order valence-electron chi connectivity index (χ2n) is 7.20. The largest absolute Gasteiger partial charge is 0.460 e. The van der Waals surface area contributed by atoms with Gasteiger partial charge in [0.1, 0.15) is 19.3 Å². The minimum absolute atomic E-state index is 0.0412. The van der Waals surface area contributed by atoms with Gasteiger partial charge in [0, 0.05) is 0 Å². The molecule has 3 aromatic rings. The highest BCUT2D eigenvalue weighted by atomic mass is 16.6. The number of ether oxygens (including phenoxy) is 3. The molecule has 1 aliphatic rings. The third kappa shape index (κ3) is 4.95. The minimum atomic E-state index is -1.54. The first kappa shape index (κ1) is 21.1. The molecule has 162 valence electrons. The van der Waals surface area contributed by atoms with Crippen LogP contribution in [0.25, 0.3) is 0 Å². The Morgan fingerprint density at radius 1 is 0.781 bits per heavy atom. The van der Waals surface area contributed by atoms with Gasteiger partial charge in [-0.2, -0.15) is 0 Å². The third-order valence-corrected chi connectivity index (χ3v) is 4.95. The number of carbonyl (C=O) groups excluding carboxylic acids is 3. The summed E-state index contributed by atoms with van der Waals surface area (Å²) in [6.45, 7) is -0.0824. The molecule has 0 amide bonds. The molecule has 3 aromatic carbocycles. The van der Waals surface area contributed by atoms with Crippen LogP contribution in [-0.4, -0.2) is 23.9 Å². The second-order valence-corrected chi connectivity index (χ2v) is 7.20. The van der Waals surface area contributed by atoms with Gasteiger partial charge in [-0.05, 0) is 23.3 Å². The number of hydrogen-bond donors (Lipinski definition) is 1. The van der Waals surface area contributed by atoms with E-state index in [1.807, 2.05) is 36.4 Å². The van der Waals surface area contributed by atoms with E-state index in [0.29, 0.717) is 11.4 Å². The van der Waals surface area contributed by atoms with Crippen LogP contribution in [0.1, 0.15) is 11.1 Å². The summed E-state index contributed by atoms with van der Waals surface area (Å²) in [5.74, 6) is -3.73. The van der Waals surface area contributed by atoms with Gasteiger partial charge in [0.15, 0.2) is 11.7 Å². The van der Waals surface area contributed by atoms with Gasteiger partial charge in [-0.25, -0.2) is 4.79 Å². The van der Waals surface area contributed by atoms with Gasteiger partial charge in [0.05, 0.1) is 5.69 Å². The van der Waals surface area contributed by atoms with Crippen LogP contribution in [0.2, 0.25) is 0 Å². The molecule has 7 nitrogen and oxygen atoms in total. The second kappa shape index (κ2) is 9.78. The average Bonchev–Trinajstić information content (AvgIpc) is 2.83. The molecule has 32 heavy (non-hydrogen) atoms. The van der Waals surface area contributed by atoms with Crippen LogP contribution < -0.4 is 10.1 Å². The zero-order valence-electron chi connectivity index (χ0n) is 17.1. The lowest BCUT2D eigenvalue weighted by Gasteiger charge is -2.29. The zero-order valence-corrected chi connectivity index (χ0v) is 17.1. The quantitative estimate of drug-likeness (QED) is 0.348. The van der Waals surface area contributed by atoms with E-state index in [1.54, 1.807) is 48.5 Å². The molecule has 0 fully saturated rings. The lowest BCUT2D eigenvalue weighted by Crippen LogP contribution is -2.50. The first-order chi connectivity index (χ1) is 15.6. The summed E-state index contributed by atoms with van der Waals surface area (Å²) in [6.07, 6.45) is 0. The van der Waals surface area contributed by atoms with Crippen LogP contribution in [0.4, 0.5) is 5.69 Å². The maximum Gasteiger partial charge on any atom is 0.335 e. The van der Waals surface area contributed by atoms with Crippen molar-refractivity contribution in [3.8, 4) is 5.75 Å². The van der Waals surface area contributed by atoms with Crippen LogP contribution in [-0.2, 0) is 37.1 Å². The fourth-order valence-electron chi connectivity index (χ4n) is 3.30. The Labute approximate surface area is 184 Å². The van der Waals surface area contributed by atoms with Gasteiger partial charge in [0.25, 0.3) is 0 Å². The molecule has 0 bridgehead atoms. The molecule has 4 rings (SSSR count). The fraction of sp³-hybridized carbons (Fsp3) is 0.160. The van der Waals surface area contributed by atoms with Gasteiger partial charge in [-0.1, -0.05) is 72.8 Å². The van der Waals surface area contributed by atoms with Crippen LogP contribution in [0, 0.1) is 5.92 Å². The van der Waals surface area contributed by atoms with E-state index >= 15 is 0 Å². The normalized spacial score (nSPS) is 14.7. The Hall–Kier alpha value is -4.13.